The molecule has 1 aromatic heterocycles. The molecule has 4 heteroatoms. The average molecular weight is 295 g/mol. The molecule has 2 aromatic rings. The molecule has 0 atom stereocenters. The van der Waals surface area contributed by atoms with Crippen molar-refractivity contribution in [2.75, 3.05) is 18.0 Å². The van der Waals surface area contributed by atoms with E-state index in [2.05, 4.69) is 4.90 Å². The van der Waals surface area contributed by atoms with Gasteiger partial charge in [-0.25, -0.2) is 9.97 Å². The van der Waals surface area contributed by atoms with Crippen LogP contribution in [0.25, 0.3) is 11.3 Å². The maximum absolute atomic E-state index is 9.79. The Kier molecular flexibility index (Phi) is 3.45. The molecule has 1 aliphatic carbocycles. The van der Waals surface area contributed by atoms with E-state index in [1.807, 2.05) is 12.1 Å². The highest BCUT2D eigenvalue weighted by Gasteiger charge is 2.23. The van der Waals surface area contributed by atoms with Gasteiger partial charge in [0, 0.05) is 29.9 Å². The molecule has 4 rings (SSSR count). The predicted octanol–water partition coefficient (Wildman–Crippen LogP) is 3.33. The fourth-order valence-corrected chi connectivity index (χ4v) is 3.55. The number of hydrogen-bond acceptors (Lipinski definition) is 4. The highest BCUT2D eigenvalue weighted by atomic mass is 16.3. The van der Waals surface area contributed by atoms with E-state index in [4.69, 9.17) is 9.97 Å². The second-order valence-electron chi connectivity index (χ2n) is 6.25. The fraction of sp³-hybridized carbons (Fsp3) is 0.444. The van der Waals surface area contributed by atoms with Crippen LogP contribution in [0.2, 0.25) is 0 Å². The van der Waals surface area contributed by atoms with Crippen LogP contribution in [0.1, 0.15) is 36.9 Å². The first kappa shape index (κ1) is 13.6. The Labute approximate surface area is 130 Å². The smallest absolute Gasteiger partial charge is 0.226 e. The van der Waals surface area contributed by atoms with Crippen LogP contribution >= 0.6 is 0 Å². The van der Waals surface area contributed by atoms with Crippen molar-refractivity contribution in [3.63, 3.8) is 0 Å². The van der Waals surface area contributed by atoms with E-state index in [1.54, 1.807) is 12.1 Å². The zero-order valence-corrected chi connectivity index (χ0v) is 12.8. The first-order chi connectivity index (χ1) is 10.8. The highest BCUT2D eigenvalue weighted by molar-refractivity contribution is 5.67. The molecule has 4 nitrogen and oxygen atoms in total. The van der Waals surface area contributed by atoms with Gasteiger partial charge in [-0.2, -0.15) is 0 Å². The van der Waals surface area contributed by atoms with Crippen molar-refractivity contribution in [2.45, 2.75) is 38.5 Å². The van der Waals surface area contributed by atoms with Gasteiger partial charge in [0.15, 0.2) is 0 Å². The predicted molar refractivity (Wildman–Crippen MR) is 87.2 cm³/mol. The van der Waals surface area contributed by atoms with Crippen molar-refractivity contribution in [1.82, 2.24) is 9.97 Å². The number of aromatic hydroxyl groups is 1. The monoisotopic (exact) mass is 295 g/mol. The minimum absolute atomic E-state index is 0.294. The van der Waals surface area contributed by atoms with Crippen molar-refractivity contribution in [2.24, 2.45) is 0 Å². The quantitative estimate of drug-likeness (QED) is 0.923. The van der Waals surface area contributed by atoms with Crippen molar-refractivity contribution in [3.05, 3.63) is 35.5 Å². The van der Waals surface area contributed by atoms with E-state index in [1.165, 1.54) is 30.5 Å². The summed E-state index contributed by atoms with van der Waals surface area (Å²) in [5.74, 6) is 1.17. The first-order valence-electron chi connectivity index (χ1n) is 8.25. The van der Waals surface area contributed by atoms with E-state index in [0.717, 1.165) is 49.6 Å². The fourth-order valence-electron chi connectivity index (χ4n) is 3.55. The largest absolute Gasteiger partial charge is 0.508 e. The van der Waals surface area contributed by atoms with Gasteiger partial charge in [0.05, 0.1) is 5.69 Å². The number of rotatable bonds is 2. The summed E-state index contributed by atoms with van der Waals surface area (Å²) in [6.07, 6.45) is 7.00. The van der Waals surface area contributed by atoms with Gasteiger partial charge in [-0.1, -0.05) is 12.1 Å². The lowest BCUT2D eigenvalue weighted by Gasteiger charge is -2.27. The van der Waals surface area contributed by atoms with Gasteiger partial charge >= 0.3 is 0 Å². The zero-order chi connectivity index (χ0) is 14.9. The SMILES string of the molecule is Oc1cccc(-c2nc(N3CCCCC3)nc3c2CCC3)c1. The minimum Gasteiger partial charge on any atom is -0.508 e. The molecule has 1 saturated heterocycles. The molecule has 1 aliphatic heterocycles. The molecule has 22 heavy (non-hydrogen) atoms. The molecule has 0 spiro atoms. The number of benzene rings is 1. The number of nitrogens with zero attached hydrogens (tertiary/aromatic N) is 3. The number of aromatic nitrogens is 2. The summed E-state index contributed by atoms with van der Waals surface area (Å²) in [7, 11) is 0. The lowest BCUT2D eigenvalue weighted by atomic mass is 10.0. The standard InChI is InChI=1S/C18H21N3O/c22-14-7-4-6-13(12-14)17-15-8-5-9-16(15)19-18(20-17)21-10-2-1-3-11-21/h4,6-7,12,22H,1-3,5,8-11H2. The Balaban J connectivity index is 1.81. The van der Waals surface area contributed by atoms with E-state index in [-0.39, 0.29) is 0 Å². The lowest BCUT2D eigenvalue weighted by Crippen LogP contribution is -2.31. The van der Waals surface area contributed by atoms with Crippen LogP contribution in [0.3, 0.4) is 0 Å². The van der Waals surface area contributed by atoms with Crippen molar-refractivity contribution in [3.8, 4) is 17.0 Å². The summed E-state index contributed by atoms with van der Waals surface area (Å²) in [4.78, 5) is 12.0. The molecule has 0 unspecified atom stereocenters. The van der Waals surface area contributed by atoms with Crippen LogP contribution in [-0.4, -0.2) is 28.2 Å². The average Bonchev–Trinajstić information content (AvgIpc) is 3.03. The Morgan fingerprint density at radius 3 is 2.64 bits per heavy atom. The van der Waals surface area contributed by atoms with Crippen molar-refractivity contribution >= 4 is 5.95 Å². The number of phenols is 1. The molecule has 0 amide bonds. The Morgan fingerprint density at radius 1 is 0.955 bits per heavy atom. The number of anilines is 1. The number of phenolic OH excluding ortho intramolecular Hbond substituents is 1. The number of aryl methyl sites for hydroxylation is 1. The van der Waals surface area contributed by atoms with Gasteiger partial charge in [-0.05, 0) is 50.7 Å². The maximum Gasteiger partial charge on any atom is 0.226 e. The summed E-state index contributed by atoms with van der Waals surface area (Å²) in [6.45, 7) is 2.11. The molecule has 1 N–H and O–H groups in total. The molecule has 0 bridgehead atoms. The van der Waals surface area contributed by atoms with Crippen LogP contribution < -0.4 is 4.90 Å². The normalized spacial score (nSPS) is 17.5. The molecular weight excluding hydrogens is 274 g/mol. The van der Waals surface area contributed by atoms with E-state index >= 15 is 0 Å². The number of fused-ring (bicyclic) bond motifs is 1. The molecule has 0 radical (unpaired) electrons. The molecule has 1 fully saturated rings. The van der Waals surface area contributed by atoms with Crippen LogP contribution in [0.15, 0.2) is 24.3 Å². The summed E-state index contributed by atoms with van der Waals surface area (Å²) in [6, 6.07) is 7.42. The summed E-state index contributed by atoms with van der Waals surface area (Å²) < 4.78 is 0. The Bertz CT molecular complexity index is 693. The summed E-state index contributed by atoms with van der Waals surface area (Å²) >= 11 is 0. The Hall–Kier alpha value is -2.10. The molecule has 1 aromatic carbocycles. The summed E-state index contributed by atoms with van der Waals surface area (Å²) in [5.41, 5.74) is 4.48. The van der Waals surface area contributed by atoms with Gasteiger partial charge < -0.3 is 10.0 Å². The lowest BCUT2D eigenvalue weighted by molar-refractivity contribution is 0.475. The van der Waals surface area contributed by atoms with Crippen molar-refractivity contribution in [1.29, 1.82) is 0 Å². The zero-order valence-electron chi connectivity index (χ0n) is 12.8. The molecule has 2 heterocycles. The highest BCUT2D eigenvalue weighted by Crippen LogP contribution is 2.33. The van der Waals surface area contributed by atoms with E-state index in [0.29, 0.717) is 5.75 Å². The summed E-state index contributed by atoms with van der Waals surface area (Å²) in [5, 5.41) is 9.79. The van der Waals surface area contributed by atoms with Gasteiger partial charge in [0.2, 0.25) is 5.95 Å². The minimum atomic E-state index is 0.294. The van der Waals surface area contributed by atoms with Gasteiger partial charge in [-0.3, -0.25) is 0 Å². The van der Waals surface area contributed by atoms with Crippen molar-refractivity contribution < 1.29 is 5.11 Å². The third kappa shape index (κ3) is 2.43. The van der Waals surface area contributed by atoms with Crippen LogP contribution in [-0.2, 0) is 12.8 Å². The van der Waals surface area contributed by atoms with Gasteiger partial charge in [-0.15, -0.1) is 0 Å². The third-order valence-corrected chi connectivity index (χ3v) is 4.68. The molecule has 2 aliphatic rings. The number of hydrogen-bond donors (Lipinski definition) is 1. The second kappa shape index (κ2) is 5.59. The van der Waals surface area contributed by atoms with Gasteiger partial charge in [0.1, 0.15) is 5.75 Å². The van der Waals surface area contributed by atoms with Crippen LogP contribution in [0.5, 0.6) is 5.75 Å². The van der Waals surface area contributed by atoms with Crippen LogP contribution in [0.4, 0.5) is 5.95 Å². The van der Waals surface area contributed by atoms with Gasteiger partial charge in [0.25, 0.3) is 0 Å². The topological polar surface area (TPSA) is 49.3 Å². The third-order valence-electron chi connectivity index (χ3n) is 4.68. The molecule has 0 saturated carbocycles. The molecule has 114 valence electrons. The van der Waals surface area contributed by atoms with E-state index < -0.39 is 0 Å². The second-order valence-corrected chi connectivity index (χ2v) is 6.25. The maximum atomic E-state index is 9.79. The Morgan fingerprint density at radius 2 is 1.82 bits per heavy atom. The first-order valence-corrected chi connectivity index (χ1v) is 8.25. The molecular formula is C18H21N3O. The number of piperidine rings is 1. The van der Waals surface area contributed by atoms with Crippen LogP contribution in [0, 0.1) is 0 Å². The van der Waals surface area contributed by atoms with E-state index in [9.17, 15) is 5.11 Å².